The summed E-state index contributed by atoms with van der Waals surface area (Å²) in [6.45, 7) is 8.35. The molecule has 1 atom stereocenters. The molecular weight excluding hydrogens is 467 g/mol. The molecule has 0 spiro atoms. The van der Waals surface area contributed by atoms with Crippen molar-refractivity contribution < 1.29 is 18.7 Å². The molecule has 2 fully saturated rings. The third-order valence-electron chi connectivity index (χ3n) is 8.24. The van der Waals surface area contributed by atoms with E-state index in [9.17, 15) is 9.59 Å². The van der Waals surface area contributed by atoms with Gasteiger partial charge in [0, 0.05) is 43.3 Å². The number of piperidine rings is 2. The Bertz CT molecular complexity index is 1130. The molecule has 2 aliphatic heterocycles. The summed E-state index contributed by atoms with van der Waals surface area (Å²) in [6.07, 6.45) is 3.37. The molecule has 2 heterocycles. The van der Waals surface area contributed by atoms with Crippen molar-refractivity contribution in [3.05, 3.63) is 65.2 Å². The third-order valence-corrected chi connectivity index (χ3v) is 8.24. The minimum atomic E-state index is -1.29. The minimum Gasteiger partial charge on any atom is -0.444 e. The van der Waals surface area contributed by atoms with Gasteiger partial charge in [0.15, 0.2) is 5.78 Å². The number of anilines is 1. The van der Waals surface area contributed by atoms with Crippen molar-refractivity contribution in [1.29, 1.82) is 0 Å². The largest absolute Gasteiger partial charge is 0.444 e. The van der Waals surface area contributed by atoms with E-state index in [1.54, 1.807) is 4.90 Å². The molecule has 0 aromatic heterocycles. The maximum atomic E-state index is 15.9. The van der Waals surface area contributed by atoms with Crippen molar-refractivity contribution in [3.8, 4) is 0 Å². The second kappa shape index (κ2) is 10.1. The van der Waals surface area contributed by atoms with E-state index in [0.717, 1.165) is 29.7 Å². The van der Waals surface area contributed by atoms with Crippen molar-refractivity contribution in [2.75, 3.05) is 31.1 Å². The first-order valence-corrected chi connectivity index (χ1v) is 13.7. The van der Waals surface area contributed by atoms with Gasteiger partial charge < -0.3 is 14.5 Å². The first kappa shape index (κ1) is 25.7. The van der Waals surface area contributed by atoms with Gasteiger partial charge >= 0.3 is 6.09 Å². The zero-order chi connectivity index (χ0) is 26.2. The van der Waals surface area contributed by atoms with Gasteiger partial charge in [-0.25, -0.2) is 9.18 Å². The van der Waals surface area contributed by atoms with E-state index in [0.29, 0.717) is 57.8 Å². The summed E-state index contributed by atoms with van der Waals surface area (Å²) in [6, 6.07) is 16.4. The number of ether oxygens (including phenoxy) is 1. The highest BCUT2D eigenvalue weighted by Crippen LogP contribution is 2.40. The number of benzene rings is 2. The molecule has 1 amide bonds. The standard InChI is InChI=1S/C31H39FN2O3/c1-30(2,3)37-29(36)34-15-11-22(12-16-34)23-9-10-27-24(19-23)20-25(28(27)35)21-31(32)13-17-33(18-14-31)26-7-5-4-6-8-26/h4-10,19,22,25H,11-18,20-21H2,1-3H3. The van der Waals surface area contributed by atoms with E-state index < -0.39 is 11.3 Å². The summed E-state index contributed by atoms with van der Waals surface area (Å²) in [5.41, 5.74) is 2.41. The quantitative estimate of drug-likeness (QED) is 0.472. The lowest BCUT2D eigenvalue weighted by atomic mass is 9.82. The van der Waals surface area contributed by atoms with Gasteiger partial charge in [-0.2, -0.15) is 0 Å². The smallest absolute Gasteiger partial charge is 0.410 e. The van der Waals surface area contributed by atoms with E-state index in [2.05, 4.69) is 29.2 Å². The summed E-state index contributed by atoms with van der Waals surface area (Å²) in [5.74, 6) is 0.185. The molecule has 1 unspecified atom stereocenters. The number of ketones is 1. The molecule has 2 aromatic rings. The Labute approximate surface area is 220 Å². The van der Waals surface area contributed by atoms with Crippen LogP contribution in [0.2, 0.25) is 0 Å². The number of hydrogen-bond donors (Lipinski definition) is 0. The molecule has 6 heteroatoms. The summed E-state index contributed by atoms with van der Waals surface area (Å²) in [5, 5.41) is 0. The number of fused-ring (bicyclic) bond motifs is 1. The van der Waals surface area contributed by atoms with Crippen LogP contribution in [0.25, 0.3) is 0 Å². The lowest BCUT2D eigenvalue weighted by molar-refractivity contribution is 0.0204. The molecule has 5 rings (SSSR count). The molecule has 198 valence electrons. The molecule has 0 bridgehead atoms. The van der Waals surface area contributed by atoms with Gasteiger partial charge in [-0.15, -0.1) is 0 Å². The number of para-hydroxylation sites is 1. The molecule has 0 N–H and O–H groups in total. The van der Waals surface area contributed by atoms with E-state index >= 15 is 4.39 Å². The highest BCUT2D eigenvalue weighted by atomic mass is 19.1. The predicted molar refractivity (Wildman–Crippen MR) is 144 cm³/mol. The third kappa shape index (κ3) is 5.83. The number of nitrogens with zero attached hydrogens (tertiary/aromatic N) is 2. The first-order chi connectivity index (χ1) is 17.6. The molecule has 1 aliphatic carbocycles. The van der Waals surface area contributed by atoms with E-state index in [4.69, 9.17) is 4.74 Å². The number of likely N-dealkylation sites (tertiary alicyclic amines) is 1. The first-order valence-electron chi connectivity index (χ1n) is 13.7. The van der Waals surface area contributed by atoms with Crippen molar-refractivity contribution in [2.24, 2.45) is 5.92 Å². The van der Waals surface area contributed by atoms with Gasteiger partial charge in [0.25, 0.3) is 0 Å². The monoisotopic (exact) mass is 506 g/mol. The van der Waals surface area contributed by atoms with Crippen molar-refractivity contribution in [2.45, 2.75) is 76.5 Å². The van der Waals surface area contributed by atoms with Crippen LogP contribution < -0.4 is 4.90 Å². The Morgan fingerprint density at radius 3 is 2.35 bits per heavy atom. The number of carbonyl (C=O) groups is 2. The molecule has 2 aromatic carbocycles. The Morgan fingerprint density at radius 2 is 1.70 bits per heavy atom. The summed E-state index contributed by atoms with van der Waals surface area (Å²) in [4.78, 5) is 29.6. The van der Waals surface area contributed by atoms with Crippen LogP contribution in [0.1, 0.15) is 80.3 Å². The SMILES string of the molecule is CC(C)(C)OC(=O)N1CCC(c2ccc3c(c2)CC(CC2(F)CCN(c4ccccc4)CC2)C3=O)CC1. The van der Waals surface area contributed by atoms with Gasteiger partial charge in [-0.3, -0.25) is 4.79 Å². The van der Waals surface area contributed by atoms with Crippen LogP contribution in [0.4, 0.5) is 14.9 Å². The Hall–Kier alpha value is -2.89. The van der Waals surface area contributed by atoms with Crippen LogP contribution in [-0.2, 0) is 11.2 Å². The molecule has 2 saturated heterocycles. The van der Waals surface area contributed by atoms with Gasteiger partial charge in [0.2, 0.25) is 0 Å². The van der Waals surface area contributed by atoms with Crippen LogP contribution in [-0.4, -0.2) is 54.2 Å². The Kier molecular flexibility index (Phi) is 7.03. The minimum absolute atomic E-state index is 0.101. The fourth-order valence-electron chi connectivity index (χ4n) is 6.19. The lowest BCUT2D eigenvalue weighted by Gasteiger charge is -2.38. The molecule has 0 saturated carbocycles. The fraction of sp³-hybridized carbons (Fsp3) is 0.548. The molecule has 5 nitrogen and oxygen atoms in total. The average Bonchev–Trinajstić information content (AvgIpc) is 3.18. The zero-order valence-electron chi connectivity index (χ0n) is 22.3. The van der Waals surface area contributed by atoms with Crippen LogP contribution >= 0.6 is 0 Å². The average molecular weight is 507 g/mol. The molecule has 3 aliphatic rings. The number of carbonyl (C=O) groups excluding carboxylic acids is 2. The van der Waals surface area contributed by atoms with E-state index in [-0.39, 0.29) is 17.8 Å². The Balaban J connectivity index is 1.17. The second-order valence-electron chi connectivity index (χ2n) is 12.1. The lowest BCUT2D eigenvalue weighted by Crippen LogP contribution is -2.43. The maximum Gasteiger partial charge on any atom is 0.410 e. The number of rotatable bonds is 4. The van der Waals surface area contributed by atoms with E-state index in [1.165, 1.54) is 5.56 Å². The second-order valence-corrected chi connectivity index (χ2v) is 12.1. The number of hydrogen-bond acceptors (Lipinski definition) is 4. The topological polar surface area (TPSA) is 49.9 Å². The highest BCUT2D eigenvalue weighted by Gasteiger charge is 2.41. The number of alkyl halides is 1. The normalized spacial score (nSPS) is 22.2. The van der Waals surface area contributed by atoms with E-state index in [1.807, 2.05) is 45.0 Å². The Morgan fingerprint density at radius 1 is 1.03 bits per heavy atom. The number of amides is 1. The predicted octanol–water partition coefficient (Wildman–Crippen LogP) is 6.55. The van der Waals surface area contributed by atoms with Gasteiger partial charge in [-0.05, 0) is 88.5 Å². The molecule has 37 heavy (non-hydrogen) atoms. The summed E-state index contributed by atoms with van der Waals surface area (Å²) >= 11 is 0. The summed E-state index contributed by atoms with van der Waals surface area (Å²) < 4.78 is 21.4. The van der Waals surface area contributed by atoms with Crippen LogP contribution in [0.5, 0.6) is 0 Å². The van der Waals surface area contributed by atoms with Gasteiger partial charge in [0.1, 0.15) is 11.3 Å². The molecule has 0 radical (unpaired) electrons. The molecular formula is C31H39FN2O3. The van der Waals surface area contributed by atoms with Crippen LogP contribution in [0, 0.1) is 5.92 Å². The van der Waals surface area contributed by atoms with Crippen LogP contribution in [0.15, 0.2) is 48.5 Å². The zero-order valence-corrected chi connectivity index (χ0v) is 22.3. The van der Waals surface area contributed by atoms with Gasteiger partial charge in [-0.1, -0.05) is 36.4 Å². The van der Waals surface area contributed by atoms with Gasteiger partial charge in [0.05, 0.1) is 0 Å². The van der Waals surface area contributed by atoms with Crippen molar-refractivity contribution in [1.82, 2.24) is 4.90 Å². The summed E-state index contributed by atoms with van der Waals surface area (Å²) in [7, 11) is 0. The number of halogens is 1. The van der Waals surface area contributed by atoms with Crippen molar-refractivity contribution >= 4 is 17.6 Å². The highest BCUT2D eigenvalue weighted by molar-refractivity contribution is 6.02. The number of Topliss-reactive ketones (excluding diaryl/α,β-unsaturated/α-hetero) is 1. The van der Waals surface area contributed by atoms with Crippen LogP contribution in [0.3, 0.4) is 0 Å². The van der Waals surface area contributed by atoms with Crippen molar-refractivity contribution in [3.63, 3.8) is 0 Å². The maximum absolute atomic E-state index is 15.9. The fourth-order valence-corrected chi connectivity index (χ4v) is 6.19.